The first-order chi connectivity index (χ1) is 7.84. The molecule has 2 heterocycles. The Kier molecular flexibility index (Phi) is 2.49. The van der Waals surface area contributed by atoms with Crippen LogP contribution in [-0.2, 0) is 10.8 Å². The molecule has 0 amide bonds. The van der Waals surface area contributed by atoms with Crippen LogP contribution in [0.3, 0.4) is 0 Å². The van der Waals surface area contributed by atoms with Crippen LogP contribution in [0.4, 0.5) is 0 Å². The van der Waals surface area contributed by atoms with Crippen LogP contribution in [-0.4, -0.2) is 27.5 Å². The highest BCUT2D eigenvalue weighted by Crippen LogP contribution is 2.20. The average molecular weight is 236 g/mol. The van der Waals surface area contributed by atoms with Crippen LogP contribution in [0.2, 0.25) is 0 Å². The highest BCUT2D eigenvalue weighted by atomic mass is 32.2. The fourth-order valence-corrected chi connectivity index (χ4v) is 3.14. The fraction of sp³-hybridized carbons (Fsp3) is 0.364. The number of rotatable bonds is 2. The number of fused-ring (bicyclic) bond motifs is 1. The van der Waals surface area contributed by atoms with Gasteiger partial charge in [0.2, 0.25) is 0 Å². The van der Waals surface area contributed by atoms with E-state index in [1.165, 1.54) is 0 Å². The van der Waals surface area contributed by atoms with Crippen molar-refractivity contribution in [2.45, 2.75) is 16.9 Å². The highest BCUT2D eigenvalue weighted by molar-refractivity contribution is 7.85. The second-order valence-corrected chi connectivity index (χ2v) is 5.47. The SMILES string of the molecule is O=[S@@](c1nc2ccccc2o1)[C@H]1CCNC1. The minimum atomic E-state index is -1.13. The molecule has 1 aromatic heterocycles. The Labute approximate surface area is 95.5 Å². The van der Waals surface area contributed by atoms with E-state index in [2.05, 4.69) is 10.3 Å². The van der Waals surface area contributed by atoms with Gasteiger partial charge in [-0.2, -0.15) is 0 Å². The molecule has 0 aliphatic carbocycles. The molecule has 0 unspecified atom stereocenters. The van der Waals surface area contributed by atoms with Crippen LogP contribution in [0.25, 0.3) is 11.1 Å². The third kappa shape index (κ3) is 1.66. The van der Waals surface area contributed by atoms with E-state index in [1.807, 2.05) is 24.3 Å². The Hall–Kier alpha value is -1.20. The average Bonchev–Trinajstić information content (AvgIpc) is 2.97. The molecule has 1 aromatic carbocycles. The van der Waals surface area contributed by atoms with E-state index in [4.69, 9.17) is 4.42 Å². The van der Waals surface area contributed by atoms with Crippen molar-refractivity contribution in [1.29, 1.82) is 0 Å². The molecule has 1 fully saturated rings. The van der Waals surface area contributed by atoms with Gasteiger partial charge in [-0.25, -0.2) is 9.19 Å². The molecule has 3 rings (SSSR count). The lowest BCUT2D eigenvalue weighted by atomic mass is 10.3. The van der Waals surface area contributed by atoms with E-state index in [1.54, 1.807) is 0 Å². The van der Waals surface area contributed by atoms with Gasteiger partial charge >= 0.3 is 0 Å². The van der Waals surface area contributed by atoms with Crippen LogP contribution in [0, 0.1) is 0 Å². The summed E-state index contributed by atoms with van der Waals surface area (Å²) < 4.78 is 17.6. The summed E-state index contributed by atoms with van der Waals surface area (Å²) in [5.41, 5.74) is 1.48. The Morgan fingerprint density at radius 1 is 1.44 bits per heavy atom. The second kappa shape index (κ2) is 3.99. The largest absolute Gasteiger partial charge is 0.430 e. The van der Waals surface area contributed by atoms with Gasteiger partial charge in [0.1, 0.15) is 16.3 Å². The molecule has 1 aliphatic heterocycles. The Morgan fingerprint density at radius 2 is 2.31 bits per heavy atom. The molecule has 1 saturated heterocycles. The molecule has 0 bridgehead atoms. The predicted molar refractivity (Wildman–Crippen MR) is 61.7 cm³/mol. The molecule has 0 spiro atoms. The fourth-order valence-electron chi connectivity index (χ4n) is 1.89. The van der Waals surface area contributed by atoms with Crippen molar-refractivity contribution in [3.8, 4) is 0 Å². The molecule has 1 N–H and O–H groups in total. The van der Waals surface area contributed by atoms with Crippen molar-refractivity contribution in [1.82, 2.24) is 10.3 Å². The molecule has 2 aromatic rings. The molecular weight excluding hydrogens is 224 g/mol. The maximum atomic E-state index is 12.1. The molecule has 0 saturated carbocycles. The van der Waals surface area contributed by atoms with Gasteiger partial charge in [0.05, 0.1) is 5.25 Å². The third-order valence-electron chi connectivity index (χ3n) is 2.76. The van der Waals surface area contributed by atoms with Gasteiger partial charge in [-0.15, -0.1) is 0 Å². The first-order valence-electron chi connectivity index (χ1n) is 5.31. The van der Waals surface area contributed by atoms with Crippen LogP contribution < -0.4 is 5.32 Å². The molecule has 2 atom stereocenters. The lowest BCUT2D eigenvalue weighted by Crippen LogP contribution is -2.18. The number of para-hydroxylation sites is 2. The molecule has 5 heteroatoms. The summed E-state index contributed by atoms with van der Waals surface area (Å²) in [5.74, 6) is 0. The maximum absolute atomic E-state index is 12.1. The number of nitrogens with zero attached hydrogens (tertiary/aromatic N) is 1. The minimum Gasteiger partial charge on any atom is -0.430 e. The summed E-state index contributed by atoms with van der Waals surface area (Å²) >= 11 is 0. The number of aromatic nitrogens is 1. The molecule has 4 nitrogen and oxygen atoms in total. The lowest BCUT2D eigenvalue weighted by molar-refractivity contribution is 0.475. The summed E-state index contributed by atoms with van der Waals surface area (Å²) in [6, 6.07) is 7.49. The van der Waals surface area contributed by atoms with Gasteiger partial charge in [0.25, 0.3) is 5.22 Å². The maximum Gasteiger partial charge on any atom is 0.288 e. The van der Waals surface area contributed by atoms with Crippen molar-refractivity contribution in [3.05, 3.63) is 24.3 Å². The van der Waals surface area contributed by atoms with E-state index in [-0.39, 0.29) is 5.25 Å². The van der Waals surface area contributed by atoms with E-state index in [0.717, 1.165) is 25.0 Å². The van der Waals surface area contributed by atoms with Crippen molar-refractivity contribution >= 4 is 21.9 Å². The zero-order valence-corrected chi connectivity index (χ0v) is 9.50. The summed E-state index contributed by atoms with van der Waals surface area (Å²) in [7, 11) is -1.13. The molecule has 84 valence electrons. The van der Waals surface area contributed by atoms with E-state index in [9.17, 15) is 4.21 Å². The smallest absolute Gasteiger partial charge is 0.288 e. The van der Waals surface area contributed by atoms with Crippen LogP contribution in [0.5, 0.6) is 0 Å². The molecule has 0 radical (unpaired) electrons. The first kappa shape index (κ1) is 9.99. The Balaban J connectivity index is 1.96. The van der Waals surface area contributed by atoms with Gasteiger partial charge in [-0.05, 0) is 25.1 Å². The number of benzene rings is 1. The normalized spacial score (nSPS) is 22.6. The van der Waals surface area contributed by atoms with Gasteiger partial charge in [-0.3, -0.25) is 0 Å². The van der Waals surface area contributed by atoms with Crippen molar-refractivity contribution < 1.29 is 8.63 Å². The van der Waals surface area contributed by atoms with Gasteiger partial charge in [-0.1, -0.05) is 12.1 Å². The third-order valence-corrected chi connectivity index (χ3v) is 4.29. The minimum absolute atomic E-state index is 0.132. The standard InChI is InChI=1S/C11H12N2O2S/c14-16(8-5-6-12-7-8)11-13-9-3-1-2-4-10(9)15-11/h1-4,8,12H,5-7H2/t8-,16+/m0/s1. The number of hydrogen-bond donors (Lipinski definition) is 1. The monoisotopic (exact) mass is 236 g/mol. The number of hydrogen-bond acceptors (Lipinski definition) is 4. The van der Waals surface area contributed by atoms with Crippen LogP contribution >= 0.6 is 0 Å². The van der Waals surface area contributed by atoms with E-state index < -0.39 is 10.8 Å². The van der Waals surface area contributed by atoms with Crippen LogP contribution in [0.15, 0.2) is 33.9 Å². The van der Waals surface area contributed by atoms with Gasteiger partial charge in [0, 0.05) is 6.54 Å². The molecule has 1 aliphatic rings. The van der Waals surface area contributed by atoms with Crippen molar-refractivity contribution in [2.24, 2.45) is 0 Å². The first-order valence-corrected chi connectivity index (χ1v) is 6.53. The summed E-state index contributed by atoms with van der Waals surface area (Å²) in [6.45, 7) is 1.71. The van der Waals surface area contributed by atoms with E-state index in [0.29, 0.717) is 10.8 Å². The van der Waals surface area contributed by atoms with Crippen LogP contribution in [0.1, 0.15) is 6.42 Å². The Bertz CT molecular complexity index is 499. The summed E-state index contributed by atoms with van der Waals surface area (Å²) in [6.07, 6.45) is 0.922. The molecular formula is C11H12N2O2S. The molecule has 16 heavy (non-hydrogen) atoms. The van der Waals surface area contributed by atoms with E-state index >= 15 is 0 Å². The van der Waals surface area contributed by atoms with Gasteiger partial charge in [0.15, 0.2) is 5.58 Å². The second-order valence-electron chi connectivity index (χ2n) is 3.86. The topological polar surface area (TPSA) is 55.1 Å². The predicted octanol–water partition coefficient (Wildman–Crippen LogP) is 1.30. The summed E-state index contributed by atoms with van der Waals surface area (Å²) in [4.78, 5) is 4.26. The number of oxazole rings is 1. The zero-order chi connectivity index (χ0) is 11.0. The zero-order valence-electron chi connectivity index (χ0n) is 8.68. The number of nitrogens with one attached hydrogen (secondary N) is 1. The Morgan fingerprint density at radius 3 is 3.06 bits per heavy atom. The lowest BCUT2D eigenvalue weighted by Gasteiger charge is -2.02. The van der Waals surface area contributed by atoms with Gasteiger partial charge < -0.3 is 9.73 Å². The van der Waals surface area contributed by atoms with Crippen molar-refractivity contribution in [2.75, 3.05) is 13.1 Å². The van der Waals surface area contributed by atoms with Crippen molar-refractivity contribution in [3.63, 3.8) is 0 Å². The highest BCUT2D eigenvalue weighted by Gasteiger charge is 2.25. The quantitative estimate of drug-likeness (QED) is 0.854. The summed E-state index contributed by atoms with van der Waals surface area (Å²) in [5, 5.41) is 3.68.